The monoisotopic (exact) mass is 563 g/mol. The number of rotatable bonds is 9. The van der Waals surface area contributed by atoms with E-state index in [0.717, 1.165) is 44.0 Å². The number of anilines is 3. The van der Waals surface area contributed by atoms with Gasteiger partial charge in [0.2, 0.25) is 10.0 Å². The lowest BCUT2D eigenvalue weighted by molar-refractivity contribution is 0.243. The van der Waals surface area contributed by atoms with Gasteiger partial charge in [0.05, 0.1) is 22.4 Å². The summed E-state index contributed by atoms with van der Waals surface area (Å²) in [4.78, 5) is 9.66. The van der Waals surface area contributed by atoms with E-state index >= 15 is 0 Å². The first kappa shape index (κ1) is 27.1. The van der Waals surface area contributed by atoms with E-state index in [1.165, 1.54) is 34.7 Å². The van der Waals surface area contributed by atoms with Crippen LogP contribution in [-0.4, -0.2) is 50.6 Å². The summed E-state index contributed by atoms with van der Waals surface area (Å²) in [5, 5.41) is 11.2. The molecule has 1 aromatic heterocycles. The summed E-state index contributed by atoms with van der Waals surface area (Å²) in [5.41, 5.74) is 4.92. The van der Waals surface area contributed by atoms with Crippen molar-refractivity contribution < 1.29 is 13.2 Å². The average Bonchev–Trinajstić information content (AvgIpc) is 3.38. The van der Waals surface area contributed by atoms with Crippen molar-refractivity contribution in [1.82, 2.24) is 9.88 Å². The van der Waals surface area contributed by atoms with Gasteiger partial charge in [-0.2, -0.15) is 0 Å². The van der Waals surface area contributed by atoms with Gasteiger partial charge >= 0.3 is 0 Å². The second-order valence-corrected chi connectivity index (χ2v) is 12.2. The van der Waals surface area contributed by atoms with Crippen LogP contribution in [0.4, 0.5) is 16.5 Å². The van der Waals surface area contributed by atoms with Crippen LogP contribution in [0, 0.1) is 0 Å². The Bertz CT molecular complexity index is 1500. The van der Waals surface area contributed by atoms with Crippen LogP contribution >= 0.6 is 11.3 Å². The third-order valence-corrected chi connectivity index (χ3v) is 8.21. The van der Waals surface area contributed by atoms with E-state index in [9.17, 15) is 8.42 Å². The van der Waals surface area contributed by atoms with Crippen molar-refractivity contribution in [1.29, 1.82) is 0 Å². The molecule has 1 saturated heterocycles. The molecule has 1 aliphatic heterocycles. The van der Waals surface area contributed by atoms with Crippen molar-refractivity contribution in [2.45, 2.75) is 31.4 Å². The SMILES string of the molecule is CC(C)Oc1ccc(S(N)(=O)=O)cc1Nc1nc(-c2ccc(N3CCN(Cc4ccccc4)CC3)cc2)cs1. The fraction of sp³-hybridized carbons (Fsp3) is 0.276. The van der Waals surface area contributed by atoms with Crippen LogP contribution < -0.4 is 20.1 Å². The Morgan fingerprint density at radius 1 is 1.00 bits per heavy atom. The molecule has 8 nitrogen and oxygen atoms in total. The van der Waals surface area contributed by atoms with E-state index in [-0.39, 0.29) is 11.0 Å². The molecule has 0 saturated carbocycles. The number of nitrogens with two attached hydrogens (primary N) is 1. The number of hydrogen-bond acceptors (Lipinski definition) is 8. The number of nitrogens with one attached hydrogen (secondary N) is 1. The summed E-state index contributed by atoms with van der Waals surface area (Å²) in [7, 11) is -3.85. The van der Waals surface area contributed by atoms with Crippen LogP contribution in [0.3, 0.4) is 0 Å². The van der Waals surface area contributed by atoms with Gasteiger partial charge in [0.1, 0.15) is 5.75 Å². The highest BCUT2D eigenvalue weighted by Crippen LogP contribution is 2.34. The van der Waals surface area contributed by atoms with E-state index in [1.54, 1.807) is 6.07 Å². The number of sulfonamides is 1. The van der Waals surface area contributed by atoms with E-state index in [2.05, 4.69) is 69.7 Å². The van der Waals surface area contributed by atoms with Crippen molar-refractivity contribution in [3.05, 3.63) is 83.7 Å². The largest absolute Gasteiger partial charge is 0.489 e. The Kier molecular flexibility index (Phi) is 8.18. The van der Waals surface area contributed by atoms with E-state index in [4.69, 9.17) is 14.9 Å². The summed E-state index contributed by atoms with van der Waals surface area (Å²) < 4.78 is 29.6. The predicted octanol–water partition coefficient (Wildman–Crippen LogP) is 5.31. The maximum absolute atomic E-state index is 11.9. The van der Waals surface area contributed by atoms with Crippen molar-refractivity contribution in [3.63, 3.8) is 0 Å². The Morgan fingerprint density at radius 2 is 1.72 bits per heavy atom. The summed E-state index contributed by atoms with van der Waals surface area (Å²) >= 11 is 1.44. The minimum Gasteiger partial charge on any atom is -0.489 e. The van der Waals surface area contributed by atoms with Crippen LogP contribution in [-0.2, 0) is 16.6 Å². The topological polar surface area (TPSA) is 101 Å². The van der Waals surface area contributed by atoms with Crippen molar-refractivity contribution in [2.24, 2.45) is 5.14 Å². The van der Waals surface area contributed by atoms with Crippen LogP contribution in [0.5, 0.6) is 5.75 Å². The number of benzene rings is 3. The van der Waals surface area contributed by atoms with E-state index in [0.29, 0.717) is 16.6 Å². The van der Waals surface area contributed by atoms with Crippen LogP contribution in [0.2, 0.25) is 0 Å². The minimum atomic E-state index is -3.85. The third-order valence-electron chi connectivity index (χ3n) is 6.54. The van der Waals surface area contributed by atoms with E-state index in [1.807, 2.05) is 19.2 Å². The molecule has 204 valence electrons. The normalized spacial score (nSPS) is 14.5. The molecule has 1 aliphatic rings. The highest BCUT2D eigenvalue weighted by atomic mass is 32.2. The van der Waals surface area contributed by atoms with Crippen molar-refractivity contribution in [3.8, 4) is 17.0 Å². The number of hydrogen-bond donors (Lipinski definition) is 2. The van der Waals surface area contributed by atoms with Crippen LogP contribution in [0.1, 0.15) is 19.4 Å². The van der Waals surface area contributed by atoms with Gasteiger partial charge in [-0.05, 0) is 49.7 Å². The van der Waals surface area contributed by atoms with Gasteiger partial charge < -0.3 is 15.0 Å². The quantitative estimate of drug-likeness (QED) is 0.285. The molecule has 3 N–H and O–H groups in total. The van der Waals surface area contributed by atoms with Gasteiger partial charge in [-0.3, -0.25) is 4.90 Å². The molecule has 0 unspecified atom stereocenters. The highest BCUT2D eigenvalue weighted by Gasteiger charge is 2.18. The molecule has 3 aromatic carbocycles. The van der Waals surface area contributed by atoms with Gasteiger partial charge in [-0.25, -0.2) is 18.5 Å². The summed E-state index contributed by atoms with van der Waals surface area (Å²) in [5.74, 6) is 0.530. The highest BCUT2D eigenvalue weighted by molar-refractivity contribution is 7.89. The molecule has 39 heavy (non-hydrogen) atoms. The molecule has 10 heteroatoms. The van der Waals surface area contributed by atoms with Crippen molar-refractivity contribution >= 4 is 37.9 Å². The van der Waals surface area contributed by atoms with Crippen LogP contribution in [0.25, 0.3) is 11.3 Å². The smallest absolute Gasteiger partial charge is 0.238 e. The number of primary sulfonamides is 1. The van der Waals surface area contributed by atoms with Gasteiger partial charge in [-0.1, -0.05) is 42.5 Å². The minimum absolute atomic E-state index is 0.00868. The van der Waals surface area contributed by atoms with Gasteiger partial charge in [-0.15, -0.1) is 11.3 Å². The molecular formula is C29H33N5O3S2. The maximum Gasteiger partial charge on any atom is 0.238 e. The lowest BCUT2D eigenvalue weighted by Crippen LogP contribution is -2.45. The molecule has 0 spiro atoms. The predicted molar refractivity (Wildman–Crippen MR) is 158 cm³/mol. The number of thiazole rings is 1. The second kappa shape index (κ2) is 11.7. The Balaban J connectivity index is 1.24. The Labute approximate surface area is 234 Å². The number of ether oxygens (including phenoxy) is 1. The molecule has 1 fully saturated rings. The zero-order valence-corrected chi connectivity index (χ0v) is 23.7. The molecule has 0 amide bonds. The number of piperazine rings is 1. The number of nitrogens with zero attached hydrogens (tertiary/aromatic N) is 3. The molecule has 2 heterocycles. The van der Waals surface area contributed by atoms with Gasteiger partial charge in [0.25, 0.3) is 0 Å². The fourth-order valence-corrected chi connectivity index (χ4v) is 5.84. The zero-order chi connectivity index (χ0) is 27.4. The first-order valence-corrected chi connectivity index (χ1v) is 15.3. The molecule has 5 rings (SSSR count). The van der Waals surface area contributed by atoms with Crippen LogP contribution in [0.15, 0.2) is 83.1 Å². The van der Waals surface area contributed by atoms with Gasteiger partial charge in [0, 0.05) is 49.4 Å². The lowest BCUT2D eigenvalue weighted by atomic mass is 10.1. The summed E-state index contributed by atoms with van der Waals surface area (Å²) in [6.07, 6.45) is -0.0805. The lowest BCUT2D eigenvalue weighted by Gasteiger charge is -2.36. The molecule has 0 atom stereocenters. The average molecular weight is 564 g/mol. The zero-order valence-electron chi connectivity index (χ0n) is 22.1. The fourth-order valence-electron chi connectivity index (χ4n) is 4.57. The van der Waals surface area contributed by atoms with E-state index < -0.39 is 10.0 Å². The second-order valence-electron chi connectivity index (χ2n) is 9.83. The molecular weight excluding hydrogens is 530 g/mol. The summed E-state index contributed by atoms with van der Waals surface area (Å²) in [6.45, 7) is 8.87. The first-order chi connectivity index (χ1) is 18.7. The number of aromatic nitrogens is 1. The molecule has 4 aromatic rings. The Morgan fingerprint density at radius 3 is 2.38 bits per heavy atom. The molecule has 0 radical (unpaired) electrons. The Hall–Kier alpha value is -3.44. The maximum atomic E-state index is 11.9. The third kappa shape index (κ3) is 6.96. The standard InChI is InChI=1S/C29H33N5O3S2/c1-21(2)37-28-13-12-25(39(30,35)36)18-26(28)31-29-32-27(20-38-29)23-8-10-24(11-9-23)34-16-14-33(15-17-34)19-22-6-4-3-5-7-22/h3-13,18,20-21H,14-17,19H2,1-2H3,(H,31,32)(H2,30,35,36). The molecule has 0 aliphatic carbocycles. The van der Waals surface area contributed by atoms with Gasteiger partial charge in [0.15, 0.2) is 5.13 Å². The first-order valence-electron chi connectivity index (χ1n) is 12.9. The summed E-state index contributed by atoms with van der Waals surface area (Å²) in [6, 6.07) is 23.6. The van der Waals surface area contributed by atoms with Crippen molar-refractivity contribution in [2.75, 3.05) is 36.4 Å². The molecule has 0 bridgehead atoms.